The second-order valence-corrected chi connectivity index (χ2v) is 6.70. The third-order valence-electron chi connectivity index (χ3n) is 5.03. The van der Waals surface area contributed by atoms with Gasteiger partial charge in [0.15, 0.2) is 5.65 Å². The molecule has 8 heteroatoms. The molecule has 4 N–H and O–H groups in total. The summed E-state index contributed by atoms with van der Waals surface area (Å²) in [6.45, 7) is 0.558. The minimum atomic E-state index is -0.813. The number of piperidine rings is 1. The first kappa shape index (κ1) is 17.3. The summed E-state index contributed by atoms with van der Waals surface area (Å²) in [5, 5.41) is 16.6. The zero-order chi connectivity index (χ0) is 19.0. The lowest BCUT2D eigenvalue weighted by Crippen LogP contribution is -2.43. The molecule has 140 valence electrons. The Kier molecular flexibility index (Phi) is 4.41. The number of methoxy groups -OCH3 is 1. The average Bonchev–Trinajstić information content (AvgIpc) is 3.12. The third kappa shape index (κ3) is 3.19. The maximum absolute atomic E-state index is 11.1. The number of carboxylic acid groups (broad SMARTS) is 1. The van der Waals surface area contributed by atoms with Crippen LogP contribution in [0.15, 0.2) is 36.5 Å². The highest BCUT2D eigenvalue weighted by atomic mass is 16.5. The van der Waals surface area contributed by atoms with Gasteiger partial charge < -0.3 is 20.9 Å². The van der Waals surface area contributed by atoms with Gasteiger partial charge in [-0.1, -0.05) is 12.1 Å². The highest BCUT2D eigenvalue weighted by Gasteiger charge is 2.27. The van der Waals surface area contributed by atoms with Crippen molar-refractivity contribution in [1.29, 1.82) is 0 Å². The molecule has 0 saturated carbocycles. The molecule has 1 aliphatic rings. The number of carboxylic acids is 1. The van der Waals surface area contributed by atoms with Crippen LogP contribution >= 0.6 is 0 Å². The van der Waals surface area contributed by atoms with Crippen LogP contribution in [0.1, 0.15) is 24.5 Å². The fourth-order valence-corrected chi connectivity index (χ4v) is 3.53. The normalized spacial score (nSPS) is 19.9. The highest BCUT2D eigenvalue weighted by molar-refractivity contribution is 5.79. The van der Waals surface area contributed by atoms with Crippen molar-refractivity contribution in [2.24, 2.45) is 0 Å². The first-order valence-electron chi connectivity index (χ1n) is 8.81. The minimum absolute atomic E-state index is 0.112. The van der Waals surface area contributed by atoms with E-state index in [-0.39, 0.29) is 5.92 Å². The second kappa shape index (κ2) is 6.88. The molecule has 8 nitrogen and oxygen atoms in total. The number of benzene rings is 1. The van der Waals surface area contributed by atoms with Crippen LogP contribution in [0, 0.1) is 0 Å². The van der Waals surface area contributed by atoms with Crippen molar-refractivity contribution in [2.75, 3.05) is 19.4 Å². The molecule has 0 bridgehead atoms. The van der Waals surface area contributed by atoms with Gasteiger partial charge in [-0.15, -0.1) is 0 Å². The number of carbonyl (C=O) groups is 1. The summed E-state index contributed by atoms with van der Waals surface area (Å²) < 4.78 is 6.93. The average molecular weight is 367 g/mol. The van der Waals surface area contributed by atoms with Crippen LogP contribution in [-0.2, 0) is 4.79 Å². The lowest BCUT2D eigenvalue weighted by Gasteiger charge is -2.27. The summed E-state index contributed by atoms with van der Waals surface area (Å²) in [5.74, 6) is 0.560. The number of nitrogen functional groups attached to an aromatic ring is 1. The van der Waals surface area contributed by atoms with Crippen LogP contribution in [0.5, 0.6) is 5.75 Å². The smallest absolute Gasteiger partial charge is 0.320 e. The number of aromatic nitrogens is 3. The number of hydrogen-bond acceptors (Lipinski definition) is 6. The Morgan fingerprint density at radius 3 is 2.93 bits per heavy atom. The van der Waals surface area contributed by atoms with E-state index in [0.29, 0.717) is 24.4 Å². The molecule has 3 heterocycles. The van der Waals surface area contributed by atoms with Crippen molar-refractivity contribution in [1.82, 2.24) is 19.9 Å². The Balaban J connectivity index is 1.71. The van der Waals surface area contributed by atoms with E-state index in [2.05, 4.69) is 10.4 Å². The first-order valence-corrected chi connectivity index (χ1v) is 8.81. The van der Waals surface area contributed by atoms with E-state index < -0.39 is 12.0 Å². The Hall–Kier alpha value is -3.13. The third-order valence-corrected chi connectivity index (χ3v) is 5.03. The second-order valence-electron chi connectivity index (χ2n) is 6.70. The quantitative estimate of drug-likeness (QED) is 0.645. The van der Waals surface area contributed by atoms with E-state index in [4.69, 9.17) is 20.6 Å². The number of rotatable bonds is 4. The molecule has 2 atom stereocenters. The summed E-state index contributed by atoms with van der Waals surface area (Å²) >= 11 is 0. The topological polar surface area (TPSA) is 115 Å². The van der Waals surface area contributed by atoms with Gasteiger partial charge >= 0.3 is 5.97 Å². The Morgan fingerprint density at radius 2 is 2.22 bits per heavy atom. The van der Waals surface area contributed by atoms with E-state index in [0.717, 1.165) is 29.0 Å². The van der Waals surface area contributed by atoms with E-state index >= 15 is 0 Å². The maximum Gasteiger partial charge on any atom is 0.320 e. The number of nitrogens with two attached hydrogens (primary N) is 1. The number of anilines is 1. The van der Waals surface area contributed by atoms with Crippen LogP contribution in [-0.4, -0.2) is 45.4 Å². The Morgan fingerprint density at radius 1 is 1.37 bits per heavy atom. The summed E-state index contributed by atoms with van der Waals surface area (Å²) in [6.07, 6.45) is 3.06. The summed E-state index contributed by atoms with van der Waals surface area (Å²) in [7, 11) is 1.63. The summed E-state index contributed by atoms with van der Waals surface area (Å²) in [5.41, 5.74) is 9.55. The zero-order valence-electron chi connectivity index (χ0n) is 14.9. The molecule has 1 aromatic carbocycles. The monoisotopic (exact) mass is 367 g/mol. The predicted molar refractivity (Wildman–Crippen MR) is 101 cm³/mol. The molecule has 1 aliphatic heterocycles. The van der Waals surface area contributed by atoms with Crippen molar-refractivity contribution in [2.45, 2.75) is 24.8 Å². The van der Waals surface area contributed by atoms with Gasteiger partial charge in [-0.3, -0.25) is 4.79 Å². The number of nitrogens with zero attached hydrogens (tertiary/aromatic N) is 3. The van der Waals surface area contributed by atoms with Crippen LogP contribution in [0.4, 0.5) is 5.82 Å². The number of ether oxygens (including phenoxy) is 1. The van der Waals surface area contributed by atoms with Gasteiger partial charge in [0.1, 0.15) is 17.6 Å². The van der Waals surface area contributed by atoms with E-state index in [1.54, 1.807) is 17.8 Å². The molecule has 1 fully saturated rings. The Bertz CT molecular complexity index is 992. The fourth-order valence-electron chi connectivity index (χ4n) is 3.53. The highest BCUT2D eigenvalue weighted by Crippen LogP contribution is 2.31. The van der Waals surface area contributed by atoms with E-state index in [9.17, 15) is 4.79 Å². The first-order chi connectivity index (χ1) is 13.1. The number of nitrogens with one attached hydrogen (secondary N) is 1. The number of aliphatic carboxylic acids is 1. The van der Waals surface area contributed by atoms with Crippen LogP contribution in [0.2, 0.25) is 0 Å². The van der Waals surface area contributed by atoms with Crippen LogP contribution in [0.25, 0.3) is 16.8 Å². The minimum Gasteiger partial charge on any atom is -0.497 e. The molecule has 4 rings (SSSR count). The molecule has 0 amide bonds. The fraction of sp³-hybridized carbons (Fsp3) is 0.316. The molecule has 0 spiro atoms. The molecular formula is C19H21N5O3. The summed E-state index contributed by atoms with van der Waals surface area (Å²) in [4.78, 5) is 15.9. The van der Waals surface area contributed by atoms with Crippen LogP contribution < -0.4 is 15.8 Å². The van der Waals surface area contributed by atoms with Gasteiger partial charge in [0.2, 0.25) is 0 Å². The van der Waals surface area contributed by atoms with Crippen molar-refractivity contribution in [3.05, 3.63) is 42.2 Å². The SMILES string of the molecule is COc1cccc(-c2cnn3c(N)cc(C4CCC(C(=O)O)NC4)nc23)c1. The zero-order valence-corrected chi connectivity index (χ0v) is 14.9. The van der Waals surface area contributed by atoms with Crippen molar-refractivity contribution in [3.8, 4) is 16.9 Å². The van der Waals surface area contributed by atoms with Crippen molar-refractivity contribution >= 4 is 17.4 Å². The van der Waals surface area contributed by atoms with Gasteiger partial charge in [-0.05, 0) is 30.5 Å². The van der Waals surface area contributed by atoms with Crippen molar-refractivity contribution in [3.63, 3.8) is 0 Å². The molecule has 27 heavy (non-hydrogen) atoms. The molecular weight excluding hydrogens is 346 g/mol. The maximum atomic E-state index is 11.1. The largest absolute Gasteiger partial charge is 0.497 e. The molecule has 0 radical (unpaired) electrons. The number of hydrogen-bond donors (Lipinski definition) is 3. The van der Waals surface area contributed by atoms with E-state index in [1.165, 1.54) is 0 Å². The standard InChI is InChI=1S/C19H21N5O3/c1-27-13-4-2-3-11(7-13)14-10-22-24-17(20)8-16(23-18(14)24)12-5-6-15(19(25)26)21-9-12/h2-4,7-8,10,12,15,21H,5-6,9,20H2,1H3,(H,25,26). The summed E-state index contributed by atoms with van der Waals surface area (Å²) in [6, 6.07) is 9.04. The van der Waals surface area contributed by atoms with Crippen LogP contribution in [0.3, 0.4) is 0 Å². The van der Waals surface area contributed by atoms with Gasteiger partial charge in [0.05, 0.1) is 19.0 Å². The molecule has 3 aromatic rings. The number of fused-ring (bicyclic) bond motifs is 1. The van der Waals surface area contributed by atoms with E-state index in [1.807, 2.05) is 30.3 Å². The lowest BCUT2D eigenvalue weighted by atomic mass is 9.92. The molecule has 0 aliphatic carbocycles. The lowest BCUT2D eigenvalue weighted by molar-refractivity contribution is -0.140. The van der Waals surface area contributed by atoms with Crippen molar-refractivity contribution < 1.29 is 14.6 Å². The van der Waals surface area contributed by atoms with Gasteiger partial charge in [0, 0.05) is 24.1 Å². The molecule has 2 aromatic heterocycles. The molecule has 2 unspecified atom stereocenters. The van der Waals surface area contributed by atoms with Gasteiger partial charge in [0.25, 0.3) is 0 Å². The Labute approximate surface area is 156 Å². The molecule has 1 saturated heterocycles. The predicted octanol–water partition coefficient (Wildman–Crippen LogP) is 1.91. The van der Waals surface area contributed by atoms with Gasteiger partial charge in [-0.25, -0.2) is 4.98 Å². The van der Waals surface area contributed by atoms with Gasteiger partial charge in [-0.2, -0.15) is 9.61 Å².